The van der Waals surface area contributed by atoms with Gasteiger partial charge in [-0.3, -0.25) is 9.36 Å². The number of nitrogens with one attached hydrogen (secondary N) is 1. The zero-order valence-electron chi connectivity index (χ0n) is 21.7. The quantitative estimate of drug-likeness (QED) is 0.252. The van der Waals surface area contributed by atoms with Gasteiger partial charge >= 0.3 is 0 Å². The summed E-state index contributed by atoms with van der Waals surface area (Å²) >= 11 is 0. The molecule has 1 heterocycles. The zero-order chi connectivity index (χ0) is 26.0. The summed E-state index contributed by atoms with van der Waals surface area (Å²) in [5.41, 5.74) is 9.00. The van der Waals surface area contributed by atoms with Crippen LogP contribution in [0.2, 0.25) is 0 Å². The van der Waals surface area contributed by atoms with Crippen LogP contribution in [0, 0.1) is 0 Å². The molecule has 1 aromatic heterocycles. The number of hydrazone groups is 1. The Labute approximate surface area is 223 Å². The highest BCUT2D eigenvalue weighted by molar-refractivity contribution is 5.80. The first-order valence-corrected chi connectivity index (χ1v) is 13.4. The minimum Gasteiger partial charge on any atom is -0.497 e. The Morgan fingerprint density at radius 3 is 2.47 bits per heavy atom. The van der Waals surface area contributed by atoms with Crippen molar-refractivity contribution in [2.45, 2.75) is 50.5 Å². The Morgan fingerprint density at radius 1 is 0.974 bits per heavy atom. The highest BCUT2D eigenvalue weighted by Crippen LogP contribution is 2.48. The predicted octanol–water partition coefficient (Wildman–Crippen LogP) is 6.17. The van der Waals surface area contributed by atoms with Crippen molar-refractivity contribution in [1.29, 1.82) is 0 Å². The number of fused-ring (bicyclic) bond motifs is 4. The molecule has 38 heavy (non-hydrogen) atoms. The van der Waals surface area contributed by atoms with E-state index in [-0.39, 0.29) is 11.0 Å². The lowest BCUT2D eigenvalue weighted by molar-refractivity contribution is 0.283. The first-order chi connectivity index (χ1) is 18.7. The lowest BCUT2D eigenvalue weighted by Gasteiger charge is -2.42. The molecule has 1 spiro atoms. The number of nitrogens with zero attached hydrogens (tertiary/aromatic N) is 3. The summed E-state index contributed by atoms with van der Waals surface area (Å²) in [5, 5.41) is 4.48. The van der Waals surface area contributed by atoms with E-state index >= 15 is 0 Å². The minimum atomic E-state index is -0.157. The highest BCUT2D eigenvalue weighted by Gasteiger charge is 2.43. The number of methoxy groups -OCH3 is 1. The van der Waals surface area contributed by atoms with Crippen molar-refractivity contribution in [1.82, 2.24) is 9.55 Å². The number of hydrogen-bond donors (Lipinski definition) is 1. The maximum absolute atomic E-state index is 14.4. The van der Waals surface area contributed by atoms with E-state index in [2.05, 4.69) is 28.7 Å². The Balaban J connectivity index is 1.48. The maximum Gasteiger partial charge on any atom is 0.259 e. The summed E-state index contributed by atoms with van der Waals surface area (Å²) in [6.07, 6.45) is 8.20. The summed E-state index contributed by atoms with van der Waals surface area (Å²) < 4.78 is 7.02. The monoisotopic (exact) mass is 504 g/mol. The molecule has 0 saturated heterocycles. The third kappa shape index (κ3) is 4.51. The molecule has 0 aliphatic heterocycles. The number of anilines is 1. The summed E-state index contributed by atoms with van der Waals surface area (Å²) in [7, 11) is 1.65. The summed E-state index contributed by atoms with van der Waals surface area (Å²) in [4.78, 5) is 19.6. The highest BCUT2D eigenvalue weighted by atomic mass is 16.5. The lowest BCUT2D eigenvalue weighted by Crippen LogP contribution is -2.43. The number of hydrogen-bond acceptors (Lipinski definition) is 5. The molecule has 2 aliphatic rings. The molecule has 0 bridgehead atoms. The van der Waals surface area contributed by atoms with E-state index < -0.39 is 0 Å². The number of benzene rings is 3. The van der Waals surface area contributed by atoms with E-state index in [4.69, 9.17) is 9.72 Å². The van der Waals surface area contributed by atoms with Gasteiger partial charge in [0.15, 0.2) is 0 Å². The summed E-state index contributed by atoms with van der Waals surface area (Å²) in [6.45, 7) is 0.429. The van der Waals surface area contributed by atoms with E-state index in [0.717, 1.165) is 65.8 Å². The Kier molecular flexibility index (Phi) is 6.54. The molecular weight excluding hydrogens is 472 g/mol. The van der Waals surface area contributed by atoms with Gasteiger partial charge in [0.1, 0.15) is 5.75 Å². The van der Waals surface area contributed by atoms with Gasteiger partial charge in [0.25, 0.3) is 5.56 Å². The summed E-state index contributed by atoms with van der Waals surface area (Å²) in [5.74, 6) is 1.24. The molecule has 0 amide bonds. The van der Waals surface area contributed by atoms with Crippen molar-refractivity contribution in [3.63, 3.8) is 0 Å². The first kappa shape index (κ1) is 24.2. The molecule has 6 rings (SSSR count). The van der Waals surface area contributed by atoms with E-state index in [0.29, 0.717) is 12.5 Å². The van der Waals surface area contributed by atoms with Gasteiger partial charge in [-0.15, -0.1) is 0 Å². The van der Waals surface area contributed by atoms with Crippen molar-refractivity contribution in [2.75, 3.05) is 12.5 Å². The van der Waals surface area contributed by atoms with Crippen molar-refractivity contribution in [3.05, 3.63) is 111 Å². The van der Waals surface area contributed by atoms with Crippen LogP contribution in [0.25, 0.3) is 11.3 Å². The molecule has 1 fully saturated rings. The van der Waals surface area contributed by atoms with Gasteiger partial charge in [-0.25, -0.2) is 10.4 Å². The first-order valence-electron chi connectivity index (χ1n) is 13.4. The molecule has 0 unspecified atom stereocenters. The van der Waals surface area contributed by atoms with E-state index in [1.807, 2.05) is 60.7 Å². The van der Waals surface area contributed by atoms with E-state index in [1.54, 1.807) is 17.9 Å². The Morgan fingerprint density at radius 2 is 1.71 bits per heavy atom. The SMILES string of the molecule is COc1ccc(/C=N/Nc2nc3c(c(=O)n2Cc2ccccc2)C2(CCCCC2)Cc2ccccc2-3)cc1. The van der Waals surface area contributed by atoms with Crippen LogP contribution in [0.15, 0.2) is 88.8 Å². The third-order valence-electron chi connectivity index (χ3n) is 7.99. The number of rotatable bonds is 6. The van der Waals surface area contributed by atoms with Gasteiger partial charge in [0.05, 0.1) is 31.1 Å². The van der Waals surface area contributed by atoms with Crippen LogP contribution in [0.1, 0.15) is 54.4 Å². The van der Waals surface area contributed by atoms with Gasteiger partial charge in [0.2, 0.25) is 5.95 Å². The van der Waals surface area contributed by atoms with Crippen molar-refractivity contribution >= 4 is 12.2 Å². The van der Waals surface area contributed by atoms with Crippen LogP contribution in [0.4, 0.5) is 5.95 Å². The maximum atomic E-state index is 14.4. The van der Waals surface area contributed by atoms with Crippen LogP contribution in [0.3, 0.4) is 0 Å². The van der Waals surface area contributed by atoms with Crippen molar-refractivity contribution in [2.24, 2.45) is 5.10 Å². The Bertz CT molecular complexity index is 1520. The van der Waals surface area contributed by atoms with E-state index in [1.165, 1.54) is 12.0 Å². The fourth-order valence-corrected chi connectivity index (χ4v) is 6.09. The molecule has 4 aromatic rings. The predicted molar refractivity (Wildman–Crippen MR) is 152 cm³/mol. The van der Waals surface area contributed by atoms with Crippen LogP contribution in [0.5, 0.6) is 5.75 Å². The molecule has 1 saturated carbocycles. The Hall–Kier alpha value is -4.19. The lowest BCUT2D eigenvalue weighted by atomic mass is 9.62. The second kappa shape index (κ2) is 10.3. The molecule has 6 heteroatoms. The number of aromatic nitrogens is 2. The second-order valence-corrected chi connectivity index (χ2v) is 10.4. The second-order valence-electron chi connectivity index (χ2n) is 10.4. The average Bonchev–Trinajstić information content (AvgIpc) is 2.96. The molecule has 0 radical (unpaired) electrons. The molecule has 192 valence electrons. The summed E-state index contributed by atoms with van der Waals surface area (Å²) in [6, 6.07) is 26.2. The fraction of sp³-hybridized carbons (Fsp3) is 0.281. The molecule has 3 aromatic carbocycles. The van der Waals surface area contributed by atoms with Crippen LogP contribution in [-0.4, -0.2) is 22.9 Å². The average molecular weight is 505 g/mol. The molecule has 6 nitrogen and oxygen atoms in total. The molecule has 2 aliphatic carbocycles. The minimum absolute atomic E-state index is 0.0393. The number of ether oxygens (including phenoxy) is 1. The standard InChI is InChI=1S/C32H32N4O2/c1-38-26-16-14-23(15-17-26)21-33-35-31-34-29-27-13-7-6-12-25(27)20-32(18-8-3-9-19-32)28(29)30(37)36(31)22-24-10-4-2-5-11-24/h2,4-7,10-17,21H,3,8-9,18-20,22H2,1H3,(H,34,35)/b33-21+. The topological polar surface area (TPSA) is 68.5 Å². The van der Waals surface area contributed by atoms with Crippen LogP contribution in [-0.2, 0) is 18.4 Å². The van der Waals surface area contributed by atoms with Crippen LogP contribution >= 0.6 is 0 Å². The van der Waals surface area contributed by atoms with Gasteiger partial charge in [-0.05, 0) is 60.2 Å². The van der Waals surface area contributed by atoms with Gasteiger partial charge < -0.3 is 4.74 Å². The van der Waals surface area contributed by atoms with Crippen LogP contribution < -0.4 is 15.7 Å². The molecular formula is C32H32N4O2. The largest absolute Gasteiger partial charge is 0.497 e. The van der Waals surface area contributed by atoms with Gasteiger partial charge in [-0.1, -0.05) is 73.9 Å². The van der Waals surface area contributed by atoms with Crippen molar-refractivity contribution < 1.29 is 4.74 Å². The molecule has 0 atom stereocenters. The van der Waals surface area contributed by atoms with Gasteiger partial charge in [-0.2, -0.15) is 5.10 Å². The smallest absolute Gasteiger partial charge is 0.259 e. The normalized spacial score (nSPS) is 15.7. The van der Waals surface area contributed by atoms with Crippen molar-refractivity contribution in [3.8, 4) is 17.0 Å². The van der Waals surface area contributed by atoms with Gasteiger partial charge in [0, 0.05) is 11.0 Å². The third-order valence-corrected chi connectivity index (χ3v) is 7.99. The fourth-order valence-electron chi connectivity index (χ4n) is 6.09. The molecule has 1 N–H and O–H groups in total. The van der Waals surface area contributed by atoms with E-state index in [9.17, 15) is 4.79 Å². The zero-order valence-corrected chi connectivity index (χ0v) is 21.7.